The zero-order valence-electron chi connectivity index (χ0n) is 8.85. The van der Waals surface area contributed by atoms with Gasteiger partial charge in [-0.15, -0.1) is 4.91 Å². The van der Waals surface area contributed by atoms with Crippen LogP contribution in [0.1, 0.15) is 0 Å². The number of nitrogens with two attached hydrogens (primary N) is 1. The molecule has 0 heterocycles. The predicted molar refractivity (Wildman–Crippen MR) is 71.0 cm³/mol. The molecule has 3 N–H and O–H groups in total. The van der Waals surface area contributed by atoms with Gasteiger partial charge < -0.3 is 11.1 Å². The van der Waals surface area contributed by atoms with Crippen LogP contribution < -0.4 is 11.1 Å². The van der Waals surface area contributed by atoms with E-state index in [0.717, 1.165) is 5.69 Å². The van der Waals surface area contributed by atoms with Crippen LogP contribution in [0.4, 0.5) is 22.7 Å². The summed E-state index contributed by atoms with van der Waals surface area (Å²) in [5.41, 5.74) is 7.91. The Morgan fingerprint density at radius 2 is 1.82 bits per heavy atom. The maximum atomic E-state index is 10.6. The first-order valence-electron chi connectivity index (χ1n) is 4.94. The molecule has 0 aromatic heterocycles. The second-order valence-corrected chi connectivity index (χ2v) is 3.94. The molecule has 0 aliphatic heterocycles. The van der Waals surface area contributed by atoms with E-state index in [4.69, 9.17) is 17.3 Å². The largest absolute Gasteiger partial charge is 0.399 e. The van der Waals surface area contributed by atoms with Gasteiger partial charge in [-0.2, -0.15) is 0 Å². The Bertz CT molecular complexity index is 540. The van der Waals surface area contributed by atoms with Gasteiger partial charge in [0.2, 0.25) is 0 Å². The van der Waals surface area contributed by atoms with Crippen molar-refractivity contribution in [2.45, 2.75) is 0 Å². The first-order chi connectivity index (χ1) is 8.19. The number of nitrogens with zero attached hydrogens (tertiary/aromatic N) is 1. The Morgan fingerprint density at radius 1 is 1.12 bits per heavy atom. The van der Waals surface area contributed by atoms with Crippen LogP contribution in [-0.4, -0.2) is 0 Å². The van der Waals surface area contributed by atoms with Gasteiger partial charge in [0.15, 0.2) is 0 Å². The fourth-order valence-electron chi connectivity index (χ4n) is 1.42. The fraction of sp³-hybridized carbons (Fsp3) is 0. The quantitative estimate of drug-likeness (QED) is 0.635. The Hall–Kier alpha value is -2.07. The number of anilines is 3. The Balaban J connectivity index is 2.31. The second kappa shape index (κ2) is 4.84. The molecule has 5 heteroatoms. The summed E-state index contributed by atoms with van der Waals surface area (Å²) in [6.07, 6.45) is 0. The summed E-state index contributed by atoms with van der Waals surface area (Å²) >= 11 is 5.78. The van der Waals surface area contributed by atoms with Gasteiger partial charge in [-0.25, -0.2) is 0 Å². The van der Waals surface area contributed by atoms with E-state index < -0.39 is 0 Å². The van der Waals surface area contributed by atoms with Crippen molar-refractivity contribution in [2.24, 2.45) is 5.18 Å². The molecule has 0 radical (unpaired) electrons. The third-order valence-corrected chi connectivity index (χ3v) is 2.49. The normalized spacial score (nSPS) is 9.94. The molecule has 4 nitrogen and oxygen atoms in total. The van der Waals surface area contributed by atoms with Crippen molar-refractivity contribution in [3.8, 4) is 0 Å². The zero-order valence-corrected chi connectivity index (χ0v) is 9.61. The molecule has 2 aromatic rings. The maximum Gasteiger partial charge on any atom is 0.131 e. The third-order valence-electron chi connectivity index (χ3n) is 2.24. The maximum absolute atomic E-state index is 10.6. The molecule has 0 atom stereocenters. The molecule has 0 saturated carbocycles. The van der Waals surface area contributed by atoms with E-state index in [0.29, 0.717) is 22.1 Å². The van der Waals surface area contributed by atoms with Gasteiger partial charge in [0.25, 0.3) is 0 Å². The molecule has 0 spiro atoms. The Kier molecular flexibility index (Phi) is 3.25. The van der Waals surface area contributed by atoms with Crippen LogP contribution >= 0.6 is 11.6 Å². The smallest absolute Gasteiger partial charge is 0.131 e. The van der Waals surface area contributed by atoms with Crippen molar-refractivity contribution in [2.75, 3.05) is 11.1 Å². The van der Waals surface area contributed by atoms with Gasteiger partial charge in [-0.1, -0.05) is 11.6 Å². The van der Waals surface area contributed by atoms with Crippen LogP contribution in [0.2, 0.25) is 5.02 Å². The van der Waals surface area contributed by atoms with Crippen molar-refractivity contribution in [1.29, 1.82) is 0 Å². The van der Waals surface area contributed by atoms with E-state index in [1.807, 2.05) is 0 Å². The molecule has 0 amide bonds. The molecule has 17 heavy (non-hydrogen) atoms. The predicted octanol–water partition coefficient (Wildman–Crippen LogP) is 4.06. The van der Waals surface area contributed by atoms with Gasteiger partial charge in [-0.05, 0) is 47.6 Å². The lowest BCUT2D eigenvalue weighted by Gasteiger charge is -2.08. The first-order valence-corrected chi connectivity index (χ1v) is 5.32. The van der Waals surface area contributed by atoms with Crippen LogP contribution in [-0.2, 0) is 0 Å². The lowest BCUT2D eigenvalue weighted by molar-refractivity contribution is 1.46. The molecule has 2 rings (SSSR count). The second-order valence-electron chi connectivity index (χ2n) is 3.50. The van der Waals surface area contributed by atoms with Crippen molar-refractivity contribution < 1.29 is 0 Å². The number of nitrogen functional groups attached to an aromatic ring is 1. The number of rotatable bonds is 3. The summed E-state index contributed by atoms with van der Waals surface area (Å²) in [5.74, 6) is 0. The van der Waals surface area contributed by atoms with Crippen LogP contribution in [0.25, 0.3) is 0 Å². The minimum absolute atomic E-state index is 0.314. The van der Waals surface area contributed by atoms with E-state index in [1.54, 1.807) is 42.5 Å². The van der Waals surface area contributed by atoms with E-state index in [9.17, 15) is 4.91 Å². The monoisotopic (exact) mass is 247 g/mol. The minimum atomic E-state index is 0.314. The summed E-state index contributed by atoms with van der Waals surface area (Å²) in [6, 6.07) is 12.0. The molecule has 0 aliphatic carbocycles. The van der Waals surface area contributed by atoms with E-state index in [2.05, 4.69) is 10.5 Å². The molecule has 86 valence electrons. The van der Waals surface area contributed by atoms with E-state index >= 15 is 0 Å². The lowest BCUT2D eigenvalue weighted by Crippen LogP contribution is -1.92. The number of nitroso groups, excluding NO2 is 1. The number of hydrogen-bond acceptors (Lipinski definition) is 4. The van der Waals surface area contributed by atoms with Crippen molar-refractivity contribution in [1.82, 2.24) is 0 Å². The third kappa shape index (κ3) is 2.73. The first kappa shape index (κ1) is 11.4. The molecule has 2 aromatic carbocycles. The van der Waals surface area contributed by atoms with Crippen molar-refractivity contribution >= 4 is 34.4 Å². The molecule has 0 saturated heterocycles. The Morgan fingerprint density at radius 3 is 2.47 bits per heavy atom. The number of nitrogens with one attached hydrogen (secondary N) is 1. The summed E-state index contributed by atoms with van der Waals surface area (Å²) in [4.78, 5) is 10.6. The average molecular weight is 248 g/mol. The Labute approximate surface area is 103 Å². The SMILES string of the molecule is Nc1ccc(N=O)c(Nc2ccc(Cl)cc2)c1. The van der Waals surface area contributed by atoms with Crippen LogP contribution in [0.5, 0.6) is 0 Å². The van der Waals surface area contributed by atoms with Crippen LogP contribution in [0.15, 0.2) is 47.6 Å². The summed E-state index contributed by atoms with van der Waals surface area (Å²) in [7, 11) is 0. The van der Waals surface area contributed by atoms with Gasteiger partial charge in [0, 0.05) is 16.4 Å². The number of hydrogen-bond donors (Lipinski definition) is 2. The van der Waals surface area contributed by atoms with Crippen molar-refractivity contribution in [3.63, 3.8) is 0 Å². The van der Waals surface area contributed by atoms with Gasteiger partial charge >= 0.3 is 0 Å². The standard InChI is InChI=1S/C12H10ClN3O/c13-8-1-4-10(5-2-8)15-12-7-9(14)3-6-11(12)16-17/h1-7,15H,14H2. The van der Waals surface area contributed by atoms with E-state index in [-0.39, 0.29) is 0 Å². The fourth-order valence-corrected chi connectivity index (χ4v) is 1.55. The lowest BCUT2D eigenvalue weighted by atomic mass is 10.2. The highest BCUT2D eigenvalue weighted by Gasteiger charge is 2.03. The van der Waals surface area contributed by atoms with Crippen molar-refractivity contribution in [3.05, 3.63) is 52.4 Å². The molecule has 0 unspecified atom stereocenters. The molecular weight excluding hydrogens is 238 g/mol. The van der Waals surface area contributed by atoms with Gasteiger partial charge in [0.1, 0.15) is 5.69 Å². The summed E-state index contributed by atoms with van der Waals surface area (Å²) in [5, 5.41) is 6.64. The van der Waals surface area contributed by atoms with Gasteiger partial charge in [-0.3, -0.25) is 0 Å². The zero-order chi connectivity index (χ0) is 12.3. The average Bonchev–Trinajstić information content (AvgIpc) is 2.32. The minimum Gasteiger partial charge on any atom is -0.399 e. The molecule has 0 fully saturated rings. The number of halogens is 1. The molecule has 0 bridgehead atoms. The highest BCUT2D eigenvalue weighted by Crippen LogP contribution is 2.30. The highest BCUT2D eigenvalue weighted by atomic mass is 35.5. The highest BCUT2D eigenvalue weighted by molar-refractivity contribution is 6.30. The molecular formula is C12H10ClN3O. The van der Waals surface area contributed by atoms with Gasteiger partial charge in [0.05, 0.1) is 5.69 Å². The summed E-state index contributed by atoms with van der Waals surface area (Å²) in [6.45, 7) is 0. The number of benzene rings is 2. The van der Waals surface area contributed by atoms with E-state index in [1.165, 1.54) is 0 Å². The topological polar surface area (TPSA) is 67.5 Å². The van der Waals surface area contributed by atoms with Crippen LogP contribution in [0, 0.1) is 4.91 Å². The summed E-state index contributed by atoms with van der Waals surface area (Å²) < 4.78 is 0. The van der Waals surface area contributed by atoms with Crippen LogP contribution in [0.3, 0.4) is 0 Å². The molecule has 0 aliphatic rings.